The van der Waals surface area contributed by atoms with Gasteiger partial charge in [0.2, 0.25) is 5.91 Å². The van der Waals surface area contributed by atoms with E-state index in [1.54, 1.807) is 7.11 Å². The summed E-state index contributed by atoms with van der Waals surface area (Å²) in [7, 11) is 1.70. The number of aryl methyl sites for hydroxylation is 1. The number of methoxy groups -OCH3 is 1. The number of benzene rings is 1. The minimum atomic E-state index is -0.845. The van der Waals surface area contributed by atoms with Crippen molar-refractivity contribution in [1.29, 1.82) is 0 Å². The van der Waals surface area contributed by atoms with Gasteiger partial charge in [-0.25, -0.2) is 10.4 Å². The Morgan fingerprint density at radius 2 is 2.02 bits per heavy atom. The molecule has 8 rings (SSSR count). The van der Waals surface area contributed by atoms with Gasteiger partial charge < -0.3 is 24.1 Å². The second kappa shape index (κ2) is 15.1. The van der Waals surface area contributed by atoms with Crippen LogP contribution in [0.3, 0.4) is 0 Å². The van der Waals surface area contributed by atoms with E-state index >= 15 is 0 Å². The first-order valence-electron chi connectivity index (χ1n) is 19.7. The number of carbonyl (C=O) groups excluding carboxylic acids is 3. The minimum Gasteiger partial charge on any atom is -0.464 e. The first-order valence-corrected chi connectivity index (χ1v) is 20.6. The molecule has 3 aliphatic heterocycles. The summed E-state index contributed by atoms with van der Waals surface area (Å²) in [4.78, 5) is 51.6. The largest absolute Gasteiger partial charge is 0.464 e. The summed E-state index contributed by atoms with van der Waals surface area (Å²) in [5.74, 6) is -0.896. The fourth-order valence-corrected chi connectivity index (χ4v) is 9.74. The minimum absolute atomic E-state index is 0.0318. The summed E-state index contributed by atoms with van der Waals surface area (Å²) in [6.45, 7) is 11.1. The molecule has 55 heavy (non-hydrogen) atoms. The first kappa shape index (κ1) is 37.7. The van der Waals surface area contributed by atoms with Crippen LogP contribution in [-0.4, -0.2) is 82.9 Å². The molecule has 3 aromatic heterocycles. The Morgan fingerprint density at radius 1 is 1.20 bits per heavy atom. The average molecular weight is 769 g/mol. The fourth-order valence-electron chi connectivity index (χ4n) is 8.89. The number of nitrogens with zero attached hydrogens (tertiary/aromatic N) is 4. The number of amides is 2. The molecule has 13 heteroatoms. The predicted molar refractivity (Wildman–Crippen MR) is 210 cm³/mol. The van der Waals surface area contributed by atoms with Crippen LogP contribution in [0, 0.1) is 16.7 Å². The highest BCUT2D eigenvalue weighted by molar-refractivity contribution is 7.10. The molecule has 1 aliphatic carbocycles. The van der Waals surface area contributed by atoms with E-state index in [1.807, 2.05) is 24.6 Å². The molecular formula is C42H52N6O6S. The Morgan fingerprint density at radius 3 is 2.80 bits per heavy atom. The molecule has 3 fully saturated rings. The van der Waals surface area contributed by atoms with Crippen molar-refractivity contribution < 1.29 is 28.6 Å². The van der Waals surface area contributed by atoms with Crippen molar-refractivity contribution in [2.45, 2.75) is 97.4 Å². The summed E-state index contributed by atoms with van der Waals surface area (Å²) >= 11 is 1.49. The second-order valence-corrected chi connectivity index (χ2v) is 17.4. The van der Waals surface area contributed by atoms with Crippen LogP contribution in [0.4, 0.5) is 0 Å². The van der Waals surface area contributed by atoms with Gasteiger partial charge in [-0.3, -0.25) is 24.4 Å². The average Bonchev–Trinajstić information content (AvgIpc) is 3.52. The summed E-state index contributed by atoms with van der Waals surface area (Å²) in [5, 5.41) is 8.53. The summed E-state index contributed by atoms with van der Waals surface area (Å²) in [6, 6.07) is 9.04. The highest BCUT2D eigenvalue weighted by Gasteiger charge is 2.58. The number of carbonyl (C=O) groups is 3. The fraction of sp³-hybridized carbons (Fsp3) is 0.548. The Kier molecular flexibility index (Phi) is 10.3. The number of hydrazine groups is 1. The van der Waals surface area contributed by atoms with E-state index in [2.05, 4.69) is 60.3 Å². The molecular weight excluding hydrogens is 717 g/mol. The number of fused-ring (bicyclic) bond motifs is 6. The normalized spacial score (nSPS) is 24.3. The molecule has 0 unspecified atom stereocenters. The number of thiazole rings is 1. The number of hydrogen-bond acceptors (Lipinski definition) is 10. The van der Waals surface area contributed by atoms with Gasteiger partial charge in [-0.1, -0.05) is 19.9 Å². The smallest absolute Gasteiger partial charge is 0.324 e. The lowest BCUT2D eigenvalue weighted by Crippen LogP contribution is -2.60. The number of nitrogens with one attached hydrogen (secondary N) is 2. The van der Waals surface area contributed by atoms with E-state index < -0.39 is 23.5 Å². The van der Waals surface area contributed by atoms with Crippen LogP contribution >= 0.6 is 11.3 Å². The molecule has 4 aliphatic rings. The topological polar surface area (TPSA) is 137 Å². The Hall–Kier alpha value is -4.17. The van der Waals surface area contributed by atoms with E-state index in [9.17, 15) is 14.4 Å². The van der Waals surface area contributed by atoms with Gasteiger partial charge in [-0.15, -0.1) is 11.3 Å². The van der Waals surface area contributed by atoms with Gasteiger partial charge in [0.1, 0.15) is 12.1 Å². The molecule has 4 atom stereocenters. The number of cyclic esters (lactones) is 1. The van der Waals surface area contributed by atoms with Gasteiger partial charge in [0.15, 0.2) is 0 Å². The SMILES string of the molecule is CCn1c(-c2cccnc2[C@H](C)OC)c2c3cc(ccc31)-c1csc(n1)C[C@H](NC(=O)[C@H]1CC13CCOCC3)C(=O)N1CCC[C@H](N1)C(=O)OCC(C)(C)C2. The van der Waals surface area contributed by atoms with Crippen LogP contribution in [0.5, 0.6) is 0 Å². The van der Waals surface area contributed by atoms with Gasteiger partial charge in [0.05, 0.1) is 34.8 Å². The van der Waals surface area contributed by atoms with Crippen molar-refractivity contribution in [2.75, 3.05) is 33.5 Å². The van der Waals surface area contributed by atoms with E-state index in [1.165, 1.54) is 16.3 Å². The standard InChI is InChI=1S/C42H52N6O6S/c1-6-47-34-12-11-26-19-28(34)29(37(47)27-9-7-15-43-36(27)25(2)52-5)21-41(3,4)24-54-40(51)31-10-8-16-48(46-31)39(50)32(20-35-44-33(26)23-55-35)45-38(49)30-22-42(30)13-17-53-18-14-42/h7,9,11-12,15,19,23,25,30-32,46H,6,8,10,13-14,16-18,20-22,24H2,1-5H3,(H,45,49)/t25-,30+,31-,32-/m0/s1. The second-order valence-electron chi connectivity index (χ2n) is 16.5. The summed E-state index contributed by atoms with van der Waals surface area (Å²) in [6.07, 6.45) is 6.16. The van der Waals surface area contributed by atoms with E-state index in [-0.39, 0.29) is 42.3 Å². The molecule has 1 spiro atoms. The highest BCUT2D eigenvalue weighted by Crippen LogP contribution is 2.59. The van der Waals surface area contributed by atoms with Crippen molar-refractivity contribution in [3.63, 3.8) is 0 Å². The Bertz CT molecular complexity index is 2100. The number of pyridine rings is 1. The first-order chi connectivity index (χ1) is 26.5. The number of rotatable bonds is 6. The zero-order valence-electron chi connectivity index (χ0n) is 32.5. The van der Waals surface area contributed by atoms with Crippen LogP contribution in [0.1, 0.15) is 82.2 Å². The maximum atomic E-state index is 14.3. The molecule has 0 radical (unpaired) electrons. The quantitative estimate of drug-likeness (QED) is 0.226. The van der Waals surface area contributed by atoms with Crippen LogP contribution in [0.2, 0.25) is 0 Å². The Labute approximate surface area is 326 Å². The lowest BCUT2D eigenvalue weighted by molar-refractivity contribution is -0.155. The zero-order chi connectivity index (χ0) is 38.5. The van der Waals surface area contributed by atoms with Crippen molar-refractivity contribution in [3.8, 4) is 22.5 Å². The molecule has 2 saturated heterocycles. The Balaban J connectivity index is 1.21. The number of aromatic nitrogens is 3. The lowest BCUT2D eigenvalue weighted by atomic mass is 9.84. The van der Waals surface area contributed by atoms with E-state index in [0.29, 0.717) is 39.0 Å². The molecule has 6 bridgehead atoms. The van der Waals surface area contributed by atoms with E-state index in [4.69, 9.17) is 24.2 Å². The van der Waals surface area contributed by atoms with Crippen molar-refractivity contribution >= 4 is 40.0 Å². The zero-order valence-corrected chi connectivity index (χ0v) is 33.3. The summed E-state index contributed by atoms with van der Waals surface area (Å²) < 4.78 is 19.8. The van der Waals surface area contributed by atoms with Crippen LogP contribution in [0.15, 0.2) is 41.9 Å². The van der Waals surface area contributed by atoms with Crippen molar-refractivity contribution in [1.82, 2.24) is 30.3 Å². The molecule has 292 valence electrons. The third-order valence-electron chi connectivity index (χ3n) is 12.1. The van der Waals surface area contributed by atoms with Crippen LogP contribution in [-0.2, 0) is 48.0 Å². The van der Waals surface area contributed by atoms with Gasteiger partial charge in [0, 0.05) is 84.8 Å². The molecule has 2 N–H and O–H groups in total. The monoisotopic (exact) mass is 768 g/mol. The number of ether oxygens (including phenoxy) is 3. The maximum absolute atomic E-state index is 14.3. The van der Waals surface area contributed by atoms with E-state index in [0.717, 1.165) is 75.5 Å². The van der Waals surface area contributed by atoms with Gasteiger partial charge in [-0.2, -0.15) is 0 Å². The van der Waals surface area contributed by atoms with Gasteiger partial charge in [-0.05, 0) is 87.6 Å². The number of esters is 1. The molecule has 1 saturated carbocycles. The van der Waals surface area contributed by atoms with Gasteiger partial charge >= 0.3 is 5.97 Å². The maximum Gasteiger partial charge on any atom is 0.324 e. The molecule has 1 aromatic carbocycles. The van der Waals surface area contributed by atoms with Crippen molar-refractivity contribution in [3.05, 3.63) is 58.2 Å². The third-order valence-corrected chi connectivity index (χ3v) is 13.0. The molecule has 4 aromatic rings. The lowest BCUT2D eigenvalue weighted by Gasteiger charge is -2.35. The van der Waals surface area contributed by atoms with Crippen molar-refractivity contribution in [2.24, 2.45) is 16.7 Å². The molecule has 6 heterocycles. The van der Waals surface area contributed by atoms with Gasteiger partial charge in [0.25, 0.3) is 5.91 Å². The van der Waals surface area contributed by atoms with Crippen LogP contribution < -0.4 is 10.7 Å². The predicted octanol–water partition coefficient (Wildman–Crippen LogP) is 6.02. The third kappa shape index (κ3) is 7.32. The molecule has 12 nitrogen and oxygen atoms in total. The molecule has 2 amide bonds. The van der Waals surface area contributed by atoms with Crippen LogP contribution in [0.25, 0.3) is 33.4 Å². The highest BCUT2D eigenvalue weighted by atomic mass is 32.1. The summed E-state index contributed by atoms with van der Waals surface area (Å²) in [5.41, 5.74) is 9.66. The number of hydrogen-bond donors (Lipinski definition) is 2.